The van der Waals surface area contributed by atoms with Crippen LogP contribution in [0.2, 0.25) is 0 Å². The second kappa shape index (κ2) is 5.46. The number of hydrogen-bond donors (Lipinski definition) is 1. The maximum absolute atomic E-state index is 5.97. The highest BCUT2D eigenvalue weighted by Crippen LogP contribution is 2.20. The van der Waals surface area contributed by atoms with Crippen molar-refractivity contribution in [2.75, 3.05) is 13.1 Å². The summed E-state index contributed by atoms with van der Waals surface area (Å²) in [5.41, 5.74) is 1.21. The van der Waals surface area contributed by atoms with Crippen LogP contribution in [0, 0.1) is 6.92 Å². The molecule has 1 aromatic rings. The van der Waals surface area contributed by atoms with E-state index in [0.717, 1.165) is 32.5 Å². The first-order valence-electron chi connectivity index (χ1n) is 6.14. The minimum atomic E-state index is 0.335. The molecular formula is C12H21N3O. The first kappa shape index (κ1) is 11.6. The fourth-order valence-corrected chi connectivity index (χ4v) is 2.15. The van der Waals surface area contributed by atoms with Gasteiger partial charge in [0.25, 0.3) is 0 Å². The van der Waals surface area contributed by atoms with Crippen molar-refractivity contribution < 1.29 is 4.74 Å². The van der Waals surface area contributed by atoms with Gasteiger partial charge in [-0.2, -0.15) is 5.10 Å². The second-order valence-corrected chi connectivity index (χ2v) is 4.42. The van der Waals surface area contributed by atoms with Crippen molar-refractivity contribution in [3.63, 3.8) is 0 Å². The summed E-state index contributed by atoms with van der Waals surface area (Å²) in [7, 11) is 0. The van der Waals surface area contributed by atoms with Gasteiger partial charge in [0.15, 0.2) is 0 Å². The van der Waals surface area contributed by atoms with E-state index in [1.807, 2.05) is 16.9 Å². The van der Waals surface area contributed by atoms with Gasteiger partial charge in [-0.25, -0.2) is 0 Å². The van der Waals surface area contributed by atoms with Crippen molar-refractivity contribution in [1.29, 1.82) is 0 Å². The molecule has 2 atom stereocenters. The van der Waals surface area contributed by atoms with Crippen molar-refractivity contribution in [3.05, 3.63) is 18.0 Å². The zero-order chi connectivity index (χ0) is 11.4. The van der Waals surface area contributed by atoms with Gasteiger partial charge in [0.2, 0.25) is 0 Å². The van der Waals surface area contributed by atoms with Crippen molar-refractivity contribution in [3.8, 4) is 0 Å². The highest BCUT2D eigenvalue weighted by Gasteiger charge is 2.25. The molecule has 0 aromatic carbocycles. The van der Waals surface area contributed by atoms with Crippen molar-refractivity contribution in [1.82, 2.24) is 15.1 Å². The lowest BCUT2D eigenvalue weighted by molar-refractivity contribution is 0.0341. The summed E-state index contributed by atoms with van der Waals surface area (Å²) >= 11 is 0. The molecule has 0 aliphatic carbocycles. The van der Waals surface area contributed by atoms with Crippen molar-refractivity contribution >= 4 is 0 Å². The Labute approximate surface area is 97.0 Å². The molecule has 0 radical (unpaired) electrons. The minimum absolute atomic E-state index is 0.335. The largest absolute Gasteiger partial charge is 0.372 e. The molecule has 2 heterocycles. The number of nitrogens with one attached hydrogen (secondary N) is 1. The third-order valence-corrected chi connectivity index (χ3v) is 3.12. The van der Waals surface area contributed by atoms with Gasteiger partial charge in [0.1, 0.15) is 0 Å². The quantitative estimate of drug-likeness (QED) is 0.819. The van der Waals surface area contributed by atoms with E-state index >= 15 is 0 Å². The predicted molar refractivity (Wildman–Crippen MR) is 63.4 cm³/mol. The SMILES string of the molecule is CCNCC1CCC(Cn2nccc2C)O1. The number of aryl methyl sites for hydroxylation is 1. The number of hydrogen-bond acceptors (Lipinski definition) is 3. The van der Waals surface area contributed by atoms with E-state index < -0.39 is 0 Å². The summed E-state index contributed by atoms with van der Waals surface area (Å²) in [6.45, 7) is 7.09. The molecule has 0 amide bonds. The Kier molecular flexibility index (Phi) is 3.96. The Morgan fingerprint density at radius 2 is 2.31 bits per heavy atom. The van der Waals surface area contributed by atoms with E-state index in [1.165, 1.54) is 5.69 Å². The average molecular weight is 223 g/mol. The van der Waals surface area contributed by atoms with Crippen molar-refractivity contribution in [2.45, 2.75) is 45.4 Å². The van der Waals surface area contributed by atoms with Gasteiger partial charge >= 0.3 is 0 Å². The third-order valence-electron chi connectivity index (χ3n) is 3.12. The molecule has 0 bridgehead atoms. The second-order valence-electron chi connectivity index (χ2n) is 4.42. The van der Waals surface area contributed by atoms with Gasteiger partial charge < -0.3 is 10.1 Å². The summed E-state index contributed by atoms with van der Waals surface area (Å²) < 4.78 is 8.00. The molecule has 1 aromatic heterocycles. The lowest BCUT2D eigenvalue weighted by atomic mass is 10.2. The predicted octanol–water partition coefficient (Wildman–Crippen LogP) is 1.35. The van der Waals surface area contributed by atoms with E-state index in [4.69, 9.17) is 4.74 Å². The molecular weight excluding hydrogens is 202 g/mol. The number of nitrogens with zero attached hydrogens (tertiary/aromatic N) is 2. The molecule has 0 spiro atoms. The molecule has 1 N–H and O–H groups in total. The van der Waals surface area contributed by atoms with E-state index in [1.54, 1.807) is 0 Å². The summed E-state index contributed by atoms with van der Waals surface area (Å²) in [6.07, 6.45) is 4.89. The fraction of sp³-hybridized carbons (Fsp3) is 0.750. The van der Waals surface area contributed by atoms with E-state index in [9.17, 15) is 0 Å². The molecule has 2 unspecified atom stereocenters. The zero-order valence-electron chi connectivity index (χ0n) is 10.1. The Morgan fingerprint density at radius 1 is 1.50 bits per heavy atom. The first-order chi connectivity index (χ1) is 7.79. The zero-order valence-corrected chi connectivity index (χ0v) is 10.1. The maximum Gasteiger partial charge on any atom is 0.0776 e. The van der Waals surface area contributed by atoms with Crippen LogP contribution < -0.4 is 5.32 Å². The standard InChI is InChI=1S/C12H21N3O/c1-3-13-8-11-4-5-12(16-11)9-15-10(2)6-7-14-15/h6-7,11-13H,3-5,8-9H2,1-2H3. The number of likely N-dealkylation sites (N-methyl/N-ethyl adjacent to an activating group) is 1. The van der Waals surface area contributed by atoms with Gasteiger partial charge in [0, 0.05) is 18.4 Å². The third kappa shape index (κ3) is 2.83. The molecule has 1 aliphatic rings. The van der Waals surface area contributed by atoms with Crippen LogP contribution in [-0.2, 0) is 11.3 Å². The average Bonchev–Trinajstić information content (AvgIpc) is 2.87. The van der Waals surface area contributed by atoms with Gasteiger partial charge in [-0.3, -0.25) is 4.68 Å². The Morgan fingerprint density at radius 3 is 3.00 bits per heavy atom. The van der Waals surface area contributed by atoms with Crippen LogP contribution in [0.5, 0.6) is 0 Å². The lowest BCUT2D eigenvalue weighted by Gasteiger charge is -2.14. The Hall–Kier alpha value is -0.870. The topological polar surface area (TPSA) is 39.1 Å². The number of rotatable bonds is 5. The monoisotopic (exact) mass is 223 g/mol. The molecule has 1 fully saturated rings. The van der Waals surface area contributed by atoms with Gasteiger partial charge in [-0.15, -0.1) is 0 Å². The van der Waals surface area contributed by atoms with Gasteiger partial charge in [0.05, 0.1) is 18.8 Å². The van der Waals surface area contributed by atoms with Crippen LogP contribution in [0.1, 0.15) is 25.5 Å². The lowest BCUT2D eigenvalue weighted by Crippen LogP contribution is -2.27. The smallest absolute Gasteiger partial charge is 0.0776 e. The Balaban J connectivity index is 1.79. The van der Waals surface area contributed by atoms with Crippen LogP contribution >= 0.6 is 0 Å². The van der Waals surface area contributed by atoms with E-state index in [-0.39, 0.29) is 0 Å². The van der Waals surface area contributed by atoms with Crippen LogP contribution in [0.15, 0.2) is 12.3 Å². The number of aromatic nitrogens is 2. The van der Waals surface area contributed by atoms with Gasteiger partial charge in [-0.05, 0) is 32.4 Å². The minimum Gasteiger partial charge on any atom is -0.372 e. The molecule has 2 rings (SSSR count). The highest BCUT2D eigenvalue weighted by molar-refractivity contribution is 4.97. The number of ether oxygens (including phenoxy) is 1. The molecule has 1 saturated heterocycles. The maximum atomic E-state index is 5.97. The van der Waals surface area contributed by atoms with Crippen LogP contribution in [-0.4, -0.2) is 35.1 Å². The summed E-state index contributed by atoms with van der Waals surface area (Å²) in [4.78, 5) is 0. The summed E-state index contributed by atoms with van der Waals surface area (Å²) in [5.74, 6) is 0. The first-order valence-corrected chi connectivity index (χ1v) is 6.14. The van der Waals surface area contributed by atoms with Crippen LogP contribution in [0.25, 0.3) is 0 Å². The molecule has 16 heavy (non-hydrogen) atoms. The molecule has 0 saturated carbocycles. The van der Waals surface area contributed by atoms with Crippen LogP contribution in [0.3, 0.4) is 0 Å². The van der Waals surface area contributed by atoms with E-state index in [2.05, 4.69) is 24.3 Å². The molecule has 4 nitrogen and oxygen atoms in total. The van der Waals surface area contributed by atoms with Crippen molar-refractivity contribution in [2.24, 2.45) is 0 Å². The van der Waals surface area contributed by atoms with E-state index in [0.29, 0.717) is 12.2 Å². The fourth-order valence-electron chi connectivity index (χ4n) is 2.15. The molecule has 1 aliphatic heterocycles. The summed E-state index contributed by atoms with van der Waals surface area (Å²) in [6, 6.07) is 2.03. The van der Waals surface area contributed by atoms with Crippen LogP contribution in [0.4, 0.5) is 0 Å². The molecule has 90 valence electrons. The molecule has 4 heteroatoms. The van der Waals surface area contributed by atoms with Gasteiger partial charge in [-0.1, -0.05) is 6.92 Å². The summed E-state index contributed by atoms with van der Waals surface area (Å²) in [5, 5.41) is 7.62. The Bertz CT molecular complexity index is 324. The normalized spacial score (nSPS) is 25.1. The highest BCUT2D eigenvalue weighted by atomic mass is 16.5.